The summed E-state index contributed by atoms with van der Waals surface area (Å²) in [4.78, 5) is 24.5. The molecule has 2 N–H and O–H groups in total. The molecule has 2 rings (SSSR count). The van der Waals surface area contributed by atoms with E-state index in [-0.39, 0.29) is 12.6 Å². The molecule has 1 aromatic carbocycles. The van der Waals surface area contributed by atoms with E-state index in [4.69, 9.17) is 9.84 Å². The first-order valence-corrected chi connectivity index (χ1v) is 6.44. The zero-order chi connectivity index (χ0) is 14.7. The lowest BCUT2D eigenvalue weighted by atomic mass is 10.1. The highest BCUT2D eigenvalue weighted by Crippen LogP contribution is 2.26. The molecule has 0 aromatic heterocycles. The van der Waals surface area contributed by atoms with Gasteiger partial charge in [0.2, 0.25) is 0 Å². The molecule has 0 saturated carbocycles. The van der Waals surface area contributed by atoms with Gasteiger partial charge in [-0.2, -0.15) is 0 Å². The summed E-state index contributed by atoms with van der Waals surface area (Å²) in [5, 5.41) is 11.7. The molecule has 2 amide bonds. The van der Waals surface area contributed by atoms with E-state index in [9.17, 15) is 9.59 Å². The molecule has 6 nitrogen and oxygen atoms in total. The van der Waals surface area contributed by atoms with Crippen molar-refractivity contribution in [2.24, 2.45) is 5.92 Å². The maximum atomic E-state index is 12.1. The van der Waals surface area contributed by atoms with Crippen molar-refractivity contribution >= 4 is 17.7 Å². The third kappa shape index (κ3) is 3.01. The minimum Gasteiger partial charge on any atom is -0.495 e. The molecule has 20 heavy (non-hydrogen) atoms. The van der Waals surface area contributed by atoms with Gasteiger partial charge in [0.25, 0.3) is 0 Å². The summed E-state index contributed by atoms with van der Waals surface area (Å²) in [7, 11) is 1.54. The zero-order valence-electron chi connectivity index (χ0n) is 11.5. The second-order valence-corrected chi connectivity index (χ2v) is 4.90. The summed E-state index contributed by atoms with van der Waals surface area (Å²) in [6.45, 7) is 2.62. The minimum absolute atomic E-state index is 0.245. The molecule has 1 aromatic rings. The van der Waals surface area contributed by atoms with Crippen molar-refractivity contribution in [1.29, 1.82) is 0 Å². The van der Waals surface area contributed by atoms with Crippen molar-refractivity contribution in [3.05, 3.63) is 23.8 Å². The molecule has 1 aliphatic heterocycles. The van der Waals surface area contributed by atoms with Gasteiger partial charge in [0.1, 0.15) is 5.75 Å². The van der Waals surface area contributed by atoms with Crippen LogP contribution in [0.1, 0.15) is 12.0 Å². The van der Waals surface area contributed by atoms with E-state index in [2.05, 4.69) is 5.32 Å². The van der Waals surface area contributed by atoms with Gasteiger partial charge in [-0.25, -0.2) is 4.79 Å². The number of ether oxygens (including phenoxy) is 1. The normalized spacial score (nSPS) is 17.9. The second-order valence-electron chi connectivity index (χ2n) is 4.90. The zero-order valence-corrected chi connectivity index (χ0v) is 11.5. The predicted molar refractivity (Wildman–Crippen MR) is 74.1 cm³/mol. The standard InChI is InChI=1S/C14H18N2O4/c1-9-3-4-12(20-2)11(7-9)15-14(19)16-6-5-10(8-16)13(17)18/h3-4,7,10H,5-6,8H2,1-2H3,(H,15,19)(H,17,18). The van der Waals surface area contributed by atoms with Gasteiger partial charge in [-0.05, 0) is 31.0 Å². The van der Waals surface area contributed by atoms with Crippen molar-refractivity contribution in [3.63, 3.8) is 0 Å². The van der Waals surface area contributed by atoms with Gasteiger partial charge in [0, 0.05) is 13.1 Å². The number of carbonyl (C=O) groups excluding carboxylic acids is 1. The number of nitrogens with zero attached hydrogens (tertiary/aromatic N) is 1. The maximum absolute atomic E-state index is 12.1. The van der Waals surface area contributed by atoms with Gasteiger partial charge < -0.3 is 20.1 Å². The Hall–Kier alpha value is -2.24. The lowest BCUT2D eigenvalue weighted by Crippen LogP contribution is -2.33. The molecule has 1 fully saturated rings. The fraction of sp³-hybridized carbons (Fsp3) is 0.429. The Morgan fingerprint density at radius 3 is 2.80 bits per heavy atom. The molecule has 1 aliphatic rings. The number of hydrogen-bond donors (Lipinski definition) is 2. The third-order valence-electron chi connectivity index (χ3n) is 3.42. The monoisotopic (exact) mass is 278 g/mol. The first-order chi connectivity index (χ1) is 9.51. The molecule has 1 unspecified atom stereocenters. The number of benzene rings is 1. The number of carbonyl (C=O) groups is 2. The molecule has 0 spiro atoms. The lowest BCUT2D eigenvalue weighted by Gasteiger charge is -2.18. The number of urea groups is 1. The molecule has 0 bridgehead atoms. The predicted octanol–water partition coefficient (Wildman–Crippen LogP) is 1.94. The number of anilines is 1. The molecule has 1 atom stereocenters. The average molecular weight is 278 g/mol. The van der Waals surface area contributed by atoms with E-state index in [1.165, 1.54) is 12.0 Å². The fourth-order valence-electron chi connectivity index (χ4n) is 2.26. The third-order valence-corrected chi connectivity index (χ3v) is 3.42. The second kappa shape index (κ2) is 5.81. The van der Waals surface area contributed by atoms with Crippen LogP contribution in [0, 0.1) is 12.8 Å². The Morgan fingerprint density at radius 2 is 2.20 bits per heavy atom. The van der Waals surface area contributed by atoms with E-state index in [0.29, 0.717) is 24.4 Å². The van der Waals surface area contributed by atoms with Gasteiger partial charge in [-0.15, -0.1) is 0 Å². The summed E-state index contributed by atoms with van der Waals surface area (Å²) in [6.07, 6.45) is 0.494. The van der Waals surface area contributed by atoms with Crippen molar-refractivity contribution in [2.45, 2.75) is 13.3 Å². The highest BCUT2D eigenvalue weighted by Gasteiger charge is 2.31. The summed E-state index contributed by atoms with van der Waals surface area (Å²) in [5.41, 5.74) is 1.60. The molecule has 6 heteroatoms. The Kier molecular flexibility index (Phi) is 4.12. The number of aliphatic carboxylic acids is 1. The number of carboxylic acid groups (broad SMARTS) is 1. The van der Waals surface area contributed by atoms with Crippen LogP contribution in [0.25, 0.3) is 0 Å². The molecule has 108 valence electrons. The molecular weight excluding hydrogens is 260 g/mol. The van der Waals surface area contributed by atoms with Gasteiger partial charge in [-0.3, -0.25) is 4.79 Å². The maximum Gasteiger partial charge on any atom is 0.321 e. The highest BCUT2D eigenvalue weighted by atomic mass is 16.5. The van der Waals surface area contributed by atoms with E-state index in [0.717, 1.165) is 5.56 Å². The van der Waals surface area contributed by atoms with Crippen molar-refractivity contribution in [1.82, 2.24) is 4.90 Å². The largest absolute Gasteiger partial charge is 0.495 e. The summed E-state index contributed by atoms with van der Waals surface area (Å²) in [5.74, 6) is -0.744. The number of carboxylic acids is 1. The summed E-state index contributed by atoms with van der Waals surface area (Å²) < 4.78 is 5.20. The van der Waals surface area contributed by atoms with E-state index < -0.39 is 11.9 Å². The summed E-state index contributed by atoms with van der Waals surface area (Å²) >= 11 is 0. The lowest BCUT2D eigenvalue weighted by molar-refractivity contribution is -0.141. The topological polar surface area (TPSA) is 78.9 Å². The van der Waals surface area contributed by atoms with Crippen LogP contribution in [0.15, 0.2) is 18.2 Å². The molecule has 0 aliphatic carbocycles. The van der Waals surface area contributed by atoms with Crippen LogP contribution in [0.2, 0.25) is 0 Å². The Labute approximate surface area is 117 Å². The van der Waals surface area contributed by atoms with E-state index >= 15 is 0 Å². The van der Waals surface area contributed by atoms with Crippen molar-refractivity contribution in [3.8, 4) is 5.75 Å². The van der Waals surface area contributed by atoms with Crippen LogP contribution in [0.3, 0.4) is 0 Å². The average Bonchev–Trinajstić information content (AvgIpc) is 2.89. The van der Waals surface area contributed by atoms with Crippen LogP contribution in [0.4, 0.5) is 10.5 Å². The van der Waals surface area contributed by atoms with Crippen molar-refractivity contribution in [2.75, 3.05) is 25.5 Å². The van der Waals surface area contributed by atoms with E-state index in [1.54, 1.807) is 6.07 Å². The molecular formula is C14H18N2O4. The number of likely N-dealkylation sites (tertiary alicyclic amines) is 1. The number of methoxy groups -OCH3 is 1. The van der Waals surface area contributed by atoms with Crippen LogP contribution < -0.4 is 10.1 Å². The SMILES string of the molecule is COc1ccc(C)cc1NC(=O)N1CCC(C(=O)O)C1. The Balaban J connectivity index is 2.05. The number of aryl methyl sites for hydroxylation is 1. The Bertz CT molecular complexity index is 530. The minimum atomic E-state index is -0.853. The number of amides is 2. The molecule has 1 saturated heterocycles. The number of nitrogens with one attached hydrogen (secondary N) is 1. The van der Waals surface area contributed by atoms with Gasteiger partial charge in [0.15, 0.2) is 0 Å². The van der Waals surface area contributed by atoms with Crippen LogP contribution in [-0.2, 0) is 4.79 Å². The quantitative estimate of drug-likeness (QED) is 0.885. The van der Waals surface area contributed by atoms with Crippen LogP contribution >= 0.6 is 0 Å². The fourth-order valence-corrected chi connectivity index (χ4v) is 2.26. The smallest absolute Gasteiger partial charge is 0.321 e. The van der Waals surface area contributed by atoms with Gasteiger partial charge in [-0.1, -0.05) is 6.07 Å². The van der Waals surface area contributed by atoms with Crippen LogP contribution in [-0.4, -0.2) is 42.2 Å². The first kappa shape index (κ1) is 14.2. The van der Waals surface area contributed by atoms with Gasteiger partial charge in [0.05, 0.1) is 18.7 Å². The van der Waals surface area contributed by atoms with Crippen LogP contribution in [0.5, 0.6) is 5.75 Å². The molecule has 0 radical (unpaired) electrons. The van der Waals surface area contributed by atoms with E-state index in [1.807, 2.05) is 19.1 Å². The first-order valence-electron chi connectivity index (χ1n) is 6.44. The van der Waals surface area contributed by atoms with Crippen molar-refractivity contribution < 1.29 is 19.4 Å². The molecule has 1 heterocycles. The number of rotatable bonds is 3. The Morgan fingerprint density at radius 1 is 1.45 bits per heavy atom. The highest BCUT2D eigenvalue weighted by molar-refractivity contribution is 5.91. The van der Waals surface area contributed by atoms with Gasteiger partial charge >= 0.3 is 12.0 Å². The summed E-state index contributed by atoms with van der Waals surface area (Å²) in [6, 6.07) is 5.21. The number of hydrogen-bond acceptors (Lipinski definition) is 3.